The molecule has 1 atom stereocenters. The number of carboxylic acids is 1. The zero-order valence-electron chi connectivity index (χ0n) is 10.9. The van der Waals surface area contributed by atoms with Gasteiger partial charge in [0.15, 0.2) is 0 Å². The first kappa shape index (κ1) is 12.2. The van der Waals surface area contributed by atoms with Crippen molar-refractivity contribution in [1.82, 2.24) is 4.98 Å². The summed E-state index contributed by atoms with van der Waals surface area (Å²) in [4.78, 5) is 14.3. The number of fused-ring (bicyclic) bond motifs is 3. The Labute approximate surface area is 111 Å². The molecule has 1 aromatic heterocycles. The monoisotopic (exact) mass is 259 g/mol. The fraction of sp³-hybridized carbons (Fsp3) is 0.400. The number of ether oxygens (including phenoxy) is 1. The van der Waals surface area contributed by atoms with E-state index in [9.17, 15) is 4.79 Å². The number of rotatable bonds is 3. The lowest BCUT2D eigenvalue weighted by atomic mass is 9.99. The van der Waals surface area contributed by atoms with Crippen LogP contribution in [0.4, 0.5) is 0 Å². The molecule has 0 unspecified atom stereocenters. The van der Waals surface area contributed by atoms with E-state index in [1.807, 2.05) is 0 Å². The number of hydrogen-bond donors (Lipinski definition) is 2. The normalized spacial score (nSPS) is 18.5. The number of aromatic nitrogens is 1. The van der Waals surface area contributed by atoms with E-state index in [-0.39, 0.29) is 12.5 Å². The molecular formula is C15H17NO3. The summed E-state index contributed by atoms with van der Waals surface area (Å²) in [6, 6.07) is 6.28. The molecule has 0 bridgehead atoms. The van der Waals surface area contributed by atoms with Gasteiger partial charge in [-0.1, -0.05) is 25.1 Å². The van der Waals surface area contributed by atoms with Crippen molar-refractivity contribution in [2.24, 2.45) is 0 Å². The summed E-state index contributed by atoms with van der Waals surface area (Å²) in [7, 11) is 0. The number of carboxylic acid groups (broad SMARTS) is 1. The minimum Gasteiger partial charge on any atom is -0.481 e. The van der Waals surface area contributed by atoms with Crippen LogP contribution < -0.4 is 0 Å². The number of aryl methyl sites for hydroxylation is 1. The summed E-state index contributed by atoms with van der Waals surface area (Å²) in [6.07, 6.45) is 1.47. The van der Waals surface area contributed by atoms with Gasteiger partial charge in [0.25, 0.3) is 0 Å². The quantitative estimate of drug-likeness (QED) is 0.891. The van der Waals surface area contributed by atoms with E-state index in [0.717, 1.165) is 24.1 Å². The molecule has 100 valence electrons. The number of nitrogens with one attached hydrogen (secondary N) is 1. The van der Waals surface area contributed by atoms with Gasteiger partial charge in [-0.05, 0) is 24.0 Å². The fourth-order valence-corrected chi connectivity index (χ4v) is 2.90. The molecule has 2 N–H and O–H groups in total. The summed E-state index contributed by atoms with van der Waals surface area (Å²) in [5.41, 5.74) is 4.57. The number of H-pyrrole nitrogens is 1. The summed E-state index contributed by atoms with van der Waals surface area (Å²) >= 11 is 0. The Hall–Kier alpha value is -1.81. The predicted octanol–water partition coefficient (Wildman–Crippen LogP) is 2.82. The number of hydrogen-bond acceptors (Lipinski definition) is 2. The van der Waals surface area contributed by atoms with E-state index in [4.69, 9.17) is 9.84 Å². The second-order valence-electron chi connectivity index (χ2n) is 4.92. The van der Waals surface area contributed by atoms with E-state index in [2.05, 4.69) is 30.1 Å². The number of para-hydroxylation sites is 1. The van der Waals surface area contributed by atoms with E-state index in [0.29, 0.717) is 6.61 Å². The lowest BCUT2D eigenvalue weighted by molar-refractivity contribution is -0.140. The van der Waals surface area contributed by atoms with Crippen LogP contribution in [-0.4, -0.2) is 22.7 Å². The molecule has 0 saturated carbocycles. The molecule has 0 saturated heterocycles. The fourth-order valence-electron chi connectivity index (χ4n) is 2.90. The van der Waals surface area contributed by atoms with Crippen LogP contribution in [0.3, 0.4) is 0 Å². The van der Waals surface area contributed by atoms with E-state index in [1.54, 1.807) is 0 Å². The number of carbonyl (C=O) groups is 1. The summed E-state index contributed by atoms with van der Waals surface area (Å²) < 4.78 is 5.61. The SMILES string of the molecule is CCc1cccc2c3c([nH]c12)[C@H](CC(=O)O)OCC3. The van der Waals surface area contributed by atoms with Gasteiger partial charge in [0.1, 0.15) is 6.10 Å². The first-order valence-electron chi connectivity index (χ1n) is 6.66. The topological polar surface area (TPSA) is 62.3 Å². The van der Waals surface area contributed by atoms with Crippen molar-refractivity contribution < 1.29 is 14.6 Å². The van der Waals surface area contributed by atoms with Crippen molar-refractivity contribution in [3.8, 4) is 0 Å². The van der Waals surface area contributed by atoms with Gasteiger partial charge in [-0.3, -0.25) is 4.79 Å². The van der Waals surface area contributed by atoms with Crippen LogP contribution in [-0.2, 0) is 22.4 Å². The van der Waals surface area contributed by atoms with Gasteiger partial charge in [-0.25, -0.2) is 0 Å². The summed E-state index contributed by atoms with van der Waals surface area (Å²) in [5.74, 6) is -0.827. The third kappa shape index (κ3) is 2.02. The van der Waals surface area contributed by atoms with Crippen LogP contribution in [0, 0.1) is 0 Å². The molecule has 2 heterocycles. The average Bonchev–Trinajstić information content (AvgIpc) is 2.78. The minimum atomic E-state index is -0.827. The van der Waals surface area contributed by atoms with Crippen molar-refractivity contribution in [2.75, 3.05) is 6.61 Å². The van der Waals surface area contributed by atoms with Crippen LogP contribution >= 0.6 is 0 Å². The van der Waals surface area contributed by atoms with E-state index in [1.165, 1.54) is 16.5 Å². The third-order valence-corrected chi connectivity index (χ3v) is 3.79. The average molecular weight is 259 g/mol. The molecule has 0 fully saturated rings. The van der Waals surface area contributed by atoms with E-state index >= 15 is 0 Å². The Morgan fingerprint density at radius 2 is 2.37 bits per heavy atom. The highest BCUT2D eigenvalue weighted by atomic mass is 16.5. The summed E-state index contributed by atoms with van der Waals surface area (Å²) in [6.45, 7) is 2.72. The van der Waals surface area contributed by atoms with Gasteiger partial charge < -0.3 is 14.8 Å². The Balaban J connectivity index is 2.14. The molecule has 1 aliphatic heterocycles. The predicted molar refractivity (Wildman–Crippen MR) is 72.3 cm³/mol. The molecule has 4 heteroatoms. The molecule has 1 aliphatic rings. The van der Waals surface area contributed by atoms with E-state index < -0.39 is 5.97 Å². The van der Waals surface area contributed by atoms with Crippen LogP contribution in [0.15, 0.2) is 18.2 Å². The van der Waals surface area contributed by atoms with Crippen molar-refractivity contribution in [1.29, 1.82) is 0 Å². The first-order valence-corrected chi connectivity index (χ1v) is 6.66. The molecule has 4 nitrogen and oxygen atoms in total. The lowest BCUT2D eigenvalue weighted by Crippen LogP contribution is -2.18. The Morgan fingerprint density at radius 1 is 1.53 bits per heavy atom. The highest BCUT2D eigenvalue weighted by Gasteiger charge is 2.27. The zero-order valence-corrected chi connectivity index (χ0v) is 10.9. The molecule has 0 amide bonds. The maximum Gasteiger partial charge on any atom is 0.306 e. The standard InChI is InChI=1S/C15H17NO3/c1-2-9-4-3-5-10-11-6-7-19-12(8-13(17)18)15(11)16-14(9)10/h3-5,12,16H,2,6-8H2,1H3,(H,17,18)/t12-/m0/s1. The van der Waals surface area contributed by atoms with Crippen molar-refractivity contribution in [3.05, 3.63) is 35.0 Å². The van der Waals surface area contributed by atoms with Gasteiger partial charge in [-0.2, -0.15) is 0 Å². The van der Waals surface area contributed by atoms with Crippen LogP contribution in [0.5, 0.6) is 0 Å². The van der Waals surface area contributed by atoms with Gasteiger partial charge in [-0.15, -0.1) is 0 Å². The molecule has 0 radical (unpaired) electrons. The summed E-state index contributed by atoms with van der Waals surface area (Å²) in [5, 5.41) is 10.2. The van der Waals surface area contributed by atoms with Crippen molar-refractivity contribution >= 4 is 16.9 Å². The maximum absolute atomic E-state index is 10.9. The largest absolute Gasteiger partial charge is 0.481 e. The molecule has 1 aromatic carbocycles. The molecule has 0 aliphatic carbocycles. The molecular weight excluding hydrogens is 242 g/mol. The Kier molecular flexibility index (Phi) is 3.03. The number of benzene rings is 1. The van der Waals surface area contributed by atoms with Crippen molar-refractivity contribution in [2.45, 2.75) is 32.3 Å². The highest BCUT2D eigenvalue weighted by molar-refractivity contribution is 5.88. The minimum absolute atomic E-state index is 0.0152. The lowest BCUT2D eigenvalue weighted by Gasteiger charge is -2.21. The van der Waals surface area contributed by atoms with Gasteiger partial charge in [0.2, 0.25) is 0 Å². The second-order valence-corrected chi connectivity index (χ2v) is 4.92. The third-order valence-electron chi connectivity index (χ3n) is 3.79. The zero-order chi connectivity index (χ0) is 13.4. The van der Waals surface area contributed by atoms with Crippen LogP contribution in [0.1, 0.15) is 36.3 Å². The van der Waals surface area contributed by atoms with Crippen molar-refractivity contribution in [3.63, 3.8) is 0 Å². The number of aliphatic carboxylic acids is 1. The number of aromatic amines is 1. The molecule has 3 rings (SSSR count). The molecule has 2 aromatic rings. The molecule has 19 heavy (non-hydrogen) atoms. The maximum atomic E-state index is 10.9. The first-order chi connectivity index (χ1) is 9.20. The van der Waals surface area contributed by atoms with Gasteiger partial charge in [0.05, 0.1) is 13.0 Å². The Bertz CT molecular complexity index is 630. The van der Waals surface area contributed by atoms with Gasteiger partial charge in [0, 0.05) is 16.6 Å². The smallest absolute Gasteiger partial charge is 0.306 e. The van der Waals surface area contributed by atoms with Crippen LogP contribution in [0.2, 0.25) is 0 Å². The second kappa shape index (κ2) is 4.70. The van der Waals surface area contributed by atoms with Crippen LogP contribution in [0.25, 0.3) is 10.9 Å². The highest BCUT2D eigenvalue weighted by Crippen LogP contribution is 2.35. The molecule has 0 spiro atoms. The van der Waals surface area contributed by atoms with Gasteiger partial charge >= 0.3 is 5.97 Å². The Morgan fingerprint density at radius 3 is 3.11 bits per heavy atom.